The Hall–Kier alpha value is -2.17. The lowest BCUT2D eigenvalue weighted by atomic mass is 9.98. The first-order valence-corrected chi connectivity index (χ1v) is 11.1. The highest BCUT2D eigenvalue weighted by Gasteiger charge is 2.37. The highest BCUT2D eigenvalue weighted by molar-refractivity contribution is 7.89. The fourth-order valence-corrected chi connectivity index (χ4v) is 4.98. The Bertz CT molecular complexity index is 1070. The van der Waals surface area contributed by atoms with E-state index in [1.807, 2.05) is 0 Å². The molecule has 1 saturated heterocycles. The van der Waals surface area contributed by atoms with Gasteiger partial charge in [0.05, 0.1) is 21.4 Å². The van der Waals surface area contributed by atoms with Gasteiger partial charge >= 0.3 is 12.1 Å². The number of benzene rings is 2. The molecule has 0 radical (unpaired) electrons. The van der Waals surface area contributed by atoms with Crippen molar-refractivity contribution in [3.05, 3.63) is 64.4 Å². The van der Waals surface area contributed by atoms with Crippen LogP contribution in [0.4, 0.5) is 17.6 Å². The maximum absolute atomic E-state index is 13.2. The summed E-state index contributed by atoms with van der Waals surface area (Å²) in [6.45, 7) is -0.210. The molecule has 0 atom stereocenters. The number of hydrogen-bond donors (Lipinski definition) is 0. The molecule has 1 aliphatic heterocycles. The average molecular weight is 480 g/mol. The van der Waals surface area contributed by atoms with Crippen molar-refractivity contribution in [2.24, 2.45) is 5.92 Å². The highest BCUT2D eigenvalue weighted by Crippen LogP contribution is 2.36. The van der Waals surface area contributed by atoms with Crippen LogP contribution >= 0.6 is 11.6 Å². The molecule has 0 amide bonds. The number of piperidine rings is 1. The summed E-state index contributed by atoms with van der Waals surface area (Å²) in [7, 11) is -4.19. The zero-order valence-corrected chi connectivity index (χ0v) is 17.6. The van der Waals surface area contributed by atoms with Crippen molar-refractivity contribution in [1.82, 2.24) is 4.31 Å². The maximum atomic E-state index is 13.2. The van der Waals surface area contributed by atoms with Gasteiger partial charge in [-0.15, -0.1) is 0 Å². The normalized spacial score (nSPS) is 16.3. The molecule has 0 unspecified atom stereocenters. The first-order chi connectivity index (χ1) is 14.5. The number of rotatable bonds is 5. The van der Waals surface area contributed by atoms with E-state index < -0.39 is 49.4 Å². The van der Waals surface area contributed by atoms with Crippen LogP contribution in [0.3, 0.4) is 0 Å². The molecule has 2 aromatic carbocycles. The van der Waals surface area contributed by atoms with Gasteiger partial charge in [0.1, 0.15) is 12.4 Å². The summed E-state index contributed by atoms with van der Waals surface area (Å²) in [6.07, 6.45) is -4.48. The van der Waals surface area contributed by atoms with Crippen molar-refractivity contribution in [2.45, 2.75) is 30.5 Å². The minimum atomic E-state index is -4.79. The summed E-state index contributed by atoms with van der Waals surface area (Å²) in [4.78, 5) is 11.7. The Morgan fingerprint density at radius 3 is 2.42 bits per heavy atom. The van der Waals surface area contributed by atoms with Crippen LogP contribution in [0, 0.1) is 11.7 Å². The fourth-order valence-electron chi connectivity index (χ4n) is 3.26. The quantitative estimate of drug-likeness (QED) is 0.463. The molecule has 1 fully saturated rings. The SMILES string of the molecule is O=C(OCc1cccc(F)c1)C1CCN(S(=O)(=O)c2ccc(Cl)c(C(F)(F)F)c2)CC1. The van der Waals surface area contributed by atoms with E-state index in [9.17, 15) is 30.8 Å². The summed E-state index contributed by atoms with van der Waals surface area (Å²) in [5, 5.41) is -0.591. The average Bonchev–Trinajstić information content (AvgIpc) is 2.71. The smallest absolute Gasteiger partial charge is 0.417 e. The molecule has 1 heterocycles. The number of hydrogen-bond acceptors (Lipinski definition) is 4. The van der Waals surface area contributed by atoms with Crippen molar-refractivity contribution in [3.63, 3.8) is 0 Å². The van der Waals surface area contributed by atoms with Gasteiger partial charge in [-0.25, -0.2) is 12.8 Å². The van der Waals surface area contributed by atoms with Gasteiger partial charge in [-0.2, -0.15) is 17.5 Å². The van der Waals surface area contributed by atoms with Crippen molar-refractivity contribution in [1.29, 1.82) is 0 Å². The Morgan fingerprint density at radius 2 is 1.81 bits per heavy atom. The predicted molar refractivity (Wildman–Crippen MR) is 104 cm³/mol. The lowest BCUT2D eigenvalue weighted by Crippen LogP contribution is -2.40. The van der Waals surface area contributed by atoms with E-state index in [1.54, 1.807) is 6.07 Å². The molecule has 0 aliphatic carbocycles. The summed E-state index contributed by atoms with van der Waals surface area (Å²) in [6, 6.07) is 8.02. The van der Waals surface area contributed by atoms with Gasteiger partial charge in [-0.05, 0) is 48.7 Å². The maximum Gasteiger partial charge on any atom is 0.417 e. The van der Waals surface area contributed by atoms with E-state index in [0.29, 0.717) is 11.6 Å². The zero-order chi connectivity index (χ0) is 22.8. The number of carbonyl (C=O) groups excluding carboxylic acids is 1. The van der Waals surface area contributed by atoms with Gasteiger partial charge in [0, 0.05) is 13.1 Å². The minimum absolute atomic E-state index is 0.0496. The molecule has 168 valence electrons. The number of halogens is 5. The van der Waals surface area contributed by atoms with E-state index in [2.05, 4.69) is 0 Å². The number of alkyl halides is 3. The van der Waals surface area contributed by atoms with Crippen LogP contribution in [0.2, 0.25) is 5.02 Å². The minimum Gasteiger partial charge on any atom is -0.461 e. The first-order valence-electron chi connectivity index (χ1n) is 9.26. The lowest BCUT2D eigenvalue weighted by molar-refractivity contribution is -0.151. The summed E-state index contributed by atoms with van der Waals surface area (Å²) < 4.78 is 84.1. The molecule has 3 rings (SSSR count). The highest BCUT2D eigenvalue weighted by atomic mass is 35.5. The second-order valence-electron chi connectivity index (χ2n) is 7.06. The lowest BCUT2D eigenvalue weighted by Gasteiger charge is -2.30. The summed E-state index contributed by atoms with van der Waals surface area (Å²) >= 11 is 5.55. The van der Waals surface area contributed by atoms with Crippen LogP contribution in [0.5, 0.6) is 0 Å². The molecule has 0 saturated carbocycles. The standard InChI is InChI=1S/C20H18ClF4NO4S/c21-18-5-4-16(11-17(18)20(23,24)25)31(28,29)26-8-6-14(7-9-26)19(27)30-12-13-2-1-3-15(22)10-13/h1-5,10-11,14H,6-9,12H2. The number of nitrogens with zero attached hydrogens (tertiary/aromatic N) is 1. The molecule has 1 aliphatic rings. The van der Waals surface area contributed by atoms with E-state index in [0.717, 1.165) is 16.4 Å². The van der Waals surface area contributed by atoms with Gasteiger partial charge < -0.3 is 4.74 Å². The Morgan fingerprint density at radius 1 is 1.13 bits per heavy atom. The van der Waals surface area contributed by atoms with Gasteiger partial charge in [0.25, 0.3) is 0 Å². The molecular formula is C20H18ClF4NO4S. The van der Waals surface area contributed by atoms with E-state index in [-0.39, 0.29) is 32.5 Å². The molecule has 11 heteroatoms. The molecule has 0 aromatic heterocycles. The predicted octanol–water partition coefficient (Wildman–Crippen LogP) is 4.64. The molecule has 0 bridgehead atoms. The number of sulfonamides is 1. The molecule has 2 aromatic rings. The van der Waals surface area contributed by atoms with Gasteiger partial charge in [-0.3, -0.25) is 4.79 Å². The number of esters is 1. The number of ether oxygens (including phenoxy) is 1. The zero-order valence-electron chi connectivity index (χ0n) is 16.0. The largest absolute Gasteiger partial charge is 0.461 e. The van der Waals surface area contributed by atoms with E-state index in [1.165, 1.54) is 18.2 Å². The molecule has 5 nitrogen and oxygen atoms in total. The Kier molecular flexibility index (Phi) is 6.92. The van der Waals surface area contributed by atoms with Crippen LogP contribution in [0.15, 0.2) is 47.4 Å². The molecular weight excluding hydrogens is 462 g/mol. The van der Waals surface area contributed by atoms with Crippen LogP contribution in [0.1, 0.15) is 24.0 Å². The van der Waals surface area contributed by atoms with Crippen molar-refractivity contribution >= 4 is 27.6 Å². The third kappa shape index (κ3) is 5.55. The first kappa shape index (κ1) is 23.5. The monoisotopic (exact) mass is 479 g/mol. The van der Waals surface area contributed by atoms with Gasteiger partial charge in [0.15, 0.2) is 0 Å². The van der Waals surface area contributed by atoms with Crippen LogP contribution in [0.25, 0.3) is 0 Å². The van der Waals surface area contributed by atoms with Crippen LogP contribution in [-0.4, -0.2) is 31.8 Å². The third-order valence-electron chi connectivity index (χ3n) is 4.94. The van der Waals surface area contributed by atoms with Crippen molar-refractivity contribution in [3.8, 4) is 0 Å². The van der Waals surface area contributed by atoms with Crippen molar-refractivity contribution < 1.29 is 35.5 Å². The Labute approximate surface area is 181 Å². The topological polar surface area (TPSA) is 63.7 Å². The fraction of sp³-hybridized carbons (Fsp3) is 0.350. The Balaban J connectivity index is 1.62. The number of carbonyl (C=O) groups is 1. The second-order valence-corrected chi connectivity index (χ2v) is 9.40. The van der Waals surface area contributed by atoms with Gasteiger partial charge in [0.2, 0.25) is 10.0 Å². The van der Waals surface area contributed by atoms with Crippen molar-refractivity contribution in [2.75, 3.05) is 13.1 Å². The van der Waals surface area contributed by atoms with E-state index >= 15 is 0 Å². The van der Waals surface area contributed by atoms with Crippen LogP contribution < -0.4 is 0 Å². The molecule has 0 N–H and O–H groups in total. The summed E-state index contributed by atoms with van der Waals surface area (Å²) in [5.41, 5.74) is -0.748. The van der Waals surface area contributed by atoms with Crippen LogP contribution in [-0.2, 0) is 32.3 Å². The summed E-state index contributed by atoms with van der Waals surface area (Å²) in [5.74, 6) is -1.55. The second kappa shape index (κ2) is 9.13. The van der Waals surface area contributed by atoms with E-state index in [4.69, 9.17) is 16.3 Å². The molecule has 31 heavy (non-hydrogen) atoms. The molecule has 0 spiro atoms. The van der Waals surface area contributed by atoms with Gasteiger partial charge in [-0.1, -0.05) is 23.7 Å². The third-order valence-corrected chi connectivity index (χ3v) is 7.16.